The minimum absolute atomic E-state index is 0.110. The number of carbonyl (C=O) groups excluding carboxylic acids is 1. The van der Waals surface area contributed by atoms with Crippen molar-refractivity contribution in [3.8, 4) is 22.9 Å². The number of ether oxygens (including phenoxy) is 3. The van der Waals surface area contributed by atoms with Gasteiger partial charge in [0.25, 0.3) is 5.91 Å². The van der Waals surface area contributed by atoms with Crippen molar-refractivity contribution in [2.75, 3.05) is 53.6 Å². The van der Waals surface area contributed by atoms with Crippen molar-refractivity contribution in [3.05, 3.63) is 42.0 Å². The number of aromatic amines is 1. The lowest BCUT2D eigenvalue weighted by Crippen LogP contribution is -2.38. The highest BCUT2D eigenvalue weighted by atomic mass is 16.5. The average molecular weight is 425 g/mol. The van der Waals surface area contributed by atoms with Gasteiger partial charge in [-0.2, -0.15) is 0 Å². The number of aromatic nitrogens is 2. The first-order valence-electron chi connectivity index (χ1n) is 10.5. The quantitative estimate of drug-likeness (QED) is 0.541. The Labute approximate surface area is 181 Å². The highest BCUT2D eigenvalue weighted by molar-refractivity contribution is 5.95. The third kappa shape index (κ3) is 4.98. The first-order valence-corrected chi connectivity index (χ1v) is 10.5. The smallest absolute Gasteiger partial charge is 0.251 e. The third-order valence-corrected chi connectivity index (χ3v) is 5.45. The number of H-pyrrole nitrogens is 1. The number of rotatable bonds is 8. The van der Waals surface area contributed by atoms with E-state index in [9.17, 15) is 4.79 Å². The van der Waals surface area contributed by atoms with Crippen LogP contribution in [0.1, 0.15) is 16.8 Å². The van der Waals surface area contributed by atoms with E-state index >= 15 is 0 Å². The van der Waals surface area contributed by atoms with Gasteiger partial charge < -0.3 is 24.5 Å². The van der Waals surface area contributed by atoms with Crippen LogP contribution in [0.2, 0.25) is 0 Å². The molecule has 0 atom stereocenters. The summed E-state index contributed by atoms with van der Waals surface area (Å²) in [6, 6.07) is 11.1. The zero-order valence-corrected chi connectivity index (χ0v) is 17.9. The summed E-state index contributed by atoms with van der Waals surface area (Å²) in [6.45, 7) is 5.09. The molecule has 0 saturated carbocycles. The van der Waals surface area contributed by atoms with Crippen LogP contribution in [0.15, 0.2) is 36.4 Å². The summed E-state index contributed by atoms with van der Waals surface area (Å²) in [7, 11) is 3.22. The van der Waals surface area contributed by atoms with E-state index in [0.717, 1.165) is 61.6 Å². The van der Waals surface area contributed by atoms with Crippen LogP contribution in [-0.4, -0.2) is 74.4 Å². The number of fused-ring (bicyclic) bond motifs is 1. The number of methoxy groups -OCH3 is 2. The standard InChI is InChI=1S/C23H28N4O4/c1-29-17-5-7-19-20(15-17)26-22(25-19)18-6-4-16(14-21(18)30-2)23(28)24-8-3-9-27-10-12-31-13-11-27/h4-7,14-15H,3,8-13H2,1-2H3,(H,24,28)(H,25,26). The second kappa shape index (κ2) is 9.80. The zero-order chi connectivity index (χ0) is 21.6. The molecule has 164 valence electrons. The Kier molecular flexibility index (Phi) is 6.69. The molecule has 3 aromatic rings. The topological polar surface area (TPSA) is 88.7 Å². The molecular weight excluding hydrogens is 396 g/mol. The van der Waals surface area contributed by atoms with Gasteiger partial charge in [0.05, 0.1) is 44.0 Å². The lowest BCUT2D eigenvalue weighted by Gasteiger charge is -2.26. The number of hydrogen-bond donors (Lipinski definition) is 2. The van der Waals surface area contributed by atoms with Crippen molar-refractivity contribution >= 4 is 16.9 Å². The van der Waals surface area contributed by atoms with E-state index < -0.39 is 0 Å². The molecule has 1 aromatic heterocycles. The molecule has 1 amide bonds. The molecule has 0 unspecified atom stereocenters. The number of amides is 1. The van der Waals surface area contributed by atoms with Gasteiger partial charge in [-0.25, -0.2) is 4.98 Å². The molecule has 0 spiro atoms. The van der Waals surface area contributed by atoms with Crippen molar-refractivity contribution in [1.82, 2.24) is 20.2 Å². The Bertz CT molecular complexity index is 1040. The summed E-state index contributed by atoms with van der Waals surface area (Å²) in [4.78, 5) is 22.9. The molecule has 4 rings (SSSR count). The van der Waals surface area contributed by atoms with Crippen LogP contribution >= 0.6 is 0 Å². The summed E-state index contributed by atoms with van der Waals surface area (Å²) in [5.41, 5.74) is 3.06. The molecule has 31 heavy (non-hydrogen) atoms. The van der Waals surface area contributed by atoms with Gasteiger partial charge in [-0.15, -0.1) is 0 Å². The van der Waals surface area contributed by atoms with Crippen LogP contribution in [0.3, 0.4) is 0 Å². The zero-order valence-electron chi connectivity index (χ0n) is 17.9. The molecule has 1 saturated heterocycles. The molecule has 0 aliphatic carbocycles. The molecule has 2 heterocycles. The highest BCUT2D eigenvalue weighted by Gasteiger charge is 2.15. The number of morpholine rings is 1. The summed E-state index contributed by atoms with van der Waals surface area (Å²) >= 11 is 0. The number of nitrogens with zero attached hydrogens (tertiary/aromatic N) is 2. The van der Waals surface area contributed by atoms with Gasteiger partial charge >= 0.3 is 0 Å². The molecule has 2 aromatic carbocycles. The Morgan fingerprint density at radius 2 is 2.00 bits per heavy atom. The van der Waals surface area contributed by atoms with Crippen molar-refractivity contribution < 1.29 is 19.0 Å². The lowest BCUT2D eigenvalue weighted by molar-refractivity contribution is 0.0374. The molecule has 8 heteroatoms. The Balaban J connectivity index is 1.42. The Hall–Kier alpha value is -3.10. The molecule has 1 fully saturated rings. The number of nitrogens with one attached hydrogen (secondary N) is 2. The number of carbonyl (C=O) groups is 1. The fourth-order valence-electron chi connectivity index (χ4n) is 3.70. The maximum Gasteiger partial charge on any atom is 0.251 e. The Morgan fingerprint density at radius 1 is 1.16 bits per heavy atom. The fraction of sp³-hybridized carbons (Fsp3) is 0.391. The predicted octanol–water partition coefficient (Wildman–Crippen LogP) is 2.70. The third-order valence-electron chi connectivity index (χ3n) is 5.45. The number of imidazole rings is 1. The number of benzene rings is 2. The minimum Gasteiger partial charge on any atom is -0.497 e. The predicted molar refractivity (Wildman–Crippen MR) is 119 cm³/mol. The molecule has 8 nitrogen and oxygen atoms in total. The SMILES string of the molecule is COc1ccc2nc(-c3ccc(C(=O)NCCCN4CCOCC4)cc3OC)[nH]c2c1. The molecular formula is C23H28N4O4. The summed E-state index contributed by atoms with van der Waals surface area (Å²) in [6.07, 6.45) is 0.906. The van der Waals surface area contributed by atoms with Crippen LogP contribution < -0.4 is 14.8 Å². The van der Waals surface area contributed by atoms with Gasteiger partial charge in [0, 0.05) is 31.3 Å². The average Bonchev–Trinajstić information content (AvgIpc) is 3.25. The molecule has 1 aliphatic rings. The van der Waals surface area contributed by atoms with E-state index in [2.05, 4.69) is 20.2 Å². The van der Waals surface area contributed by atoms with E-state index in [1.54, 1.807) is 26.4 Å². The van der Waals surface area contributed by atoms with Gasteiger partial charge in [-0.05, 0) is 43.3 Å². The largest absolute Gasteiger partial charge is 0.497 e. The van der Waals surface area contributed by atoms with Crippen molar-refractivity contribution in [3.63, 3.8) is 0 Å². The molecule has 0 radical (unpaired) electrons. The number of hydrogen-bond acceptors (Lipinski definition) is 6. The first-order chi connectivity index (χ1) is 15.2. The van der Waals surface area contributed by atoms with Gasteiger partial charge in [-0.1, -0.05) is 0 Å². The van der Waals surface area contributed by atoms with E-state index in [0.29, 0.717) is 23.7 Å². The van der Waals surface area contributed by atoms with E-state index in [-0.39, 0.29) is 5.91 Å². The summed E-state index contributed by atoms with van der Waals surface area (Å²) in [5.74, 6) is 1.92. The highest BCUT2D eigenvalue weighted by Crippen LogP contribution is 2.31. The molecule has 1 aliphatic heterocycles. The normalized spacial score (nSPS) is 14.5. The van der Waals surface area contributed by atoms with Crippen LogP contribution in [0, 0.1) is 0 Å². The summed E-state index contributed by atoms with van der Waals surface area (Å²) < 4.78 is 16.2. The van der Waals surface area contributed by atoms with E-state index in [4.69, 9.17) is 14.2 Å². The van der Waals surface area contributed by atoms with Crippen molar-refractivity contribution in [1.29, 1.82) is 0 Å². The van der Waals surface area contributed by atoms with Crippen LogP contribution in [0.25, 0.3) is 22.4 Å². The Morgan fingerprint density at radius 3 is 2.77 bits per heavy atom. The van der Waals surface area contributed by atoms with E-state index in [1.165, 1.54) is 0 Å². The fourth-order valence-corrected chi connectivity index (χ4v) is 3.70. The minimum atomic E-state index is -0.110. The van der Waals surface area contributed by atoms with E-state index in [1.807, 2.05) is 24.3 Å². The van der Waals surface area contributed by atoms with Crippen LogP contribution in [0.5, 0.6) is 11.5 Å². The van der Waals surface area contributed by atoms with Gasteiger partial charge in [0.15, 0.2) is 0 Å². The van der Waals surface area contributed by atoms with Crippen LogP contribution in [0.4, 0.5) is 0 Å². The monoisotopic (exact) mass is 424 g/mol. The lowest BCUT2D eigenvalue weighted by atomic mass is 10.1. The van der Waals surface area contributed by atoms with Gasteiger partial charge in [0.1, 0.15) is 17.3 Å². The molecule has 2 N–H and O–H groups in total. The van der Waals surface area contributed by atoms with Crippen molar-refractivity contribution in [2.24, 2.45) is 0 Å². The van der Waals surface area contributed by atoms with Crippen molar-refractivity contribution in [2.45, 2.75) is 6.42 Å². The first kappa shape index (κ1) is 21.1. The maximum absolute atomic E-state index is 12.6. The second-order valence-corrected chi connectivity index (χ2v) is 7.45. The molecule has 0 bridgehead atoms. The maximum atomic E-state index is 12.6. The second-order valence-electron chi connectivity index (χ2n) is 7.45. The van der Waals surface area contributed by atoms with Gasteiger partial charge in [-0.3, -0.25) is 9.69 Å². The van der Waals surface area contributed by atoms with Crippen LogP contribution in [-0.2, 0) is 4.74 Å². The van der Waals surface area contributed by atoms with Gasteiger partial charge in [0.2, 0.25) is 0 Å². The summed E-state index contributed by atoms with van der Waals surface area (Å²) in [5, 5.41) is 2.99.